The van der Waals surface area contributed by atoms with E-state index in [2.05, 4.69) is 287 Å². The molecule has 2 heterocycles. The lowest BCUT2D eigenvalue weighted by molar-refractivity contribution is 1.18. The number of hydrogen-bond acceptors (Lipinski definition) is 1. The Balaban J connectivity index is 0.954. The van der Waals surface area contributed by atoms with Crippen LogP contribution in [0.5, 0.6) is 0 Å². The van der Waals surface area contributed by atoms with Gasteiger partial charge < -0.3 is 14.0 Å². The van der Waals surface area contributed by atoms with Crippen LogP contribution in [-0.4, -0.2) is 9.13 Å². The minimum Gasteiger partial charge on any atom is -0.309 e. The largest absolute Gasteiger partial charge is 0.309 e. The summed E-state index contributed by atoms with van der Waals surface area (Å²) in [5.74, 6) is 0. The number of fused-ring (bicyclic) bond motifs is 8. The van der Waals surface area contributed by atoms with Gasteiger partial charge in [-0.3, -0.25) is 0 Å². The lowest BCUT2D eigenvalue weighted by Gasteiger charge is -2.29. The molecule has 0 atom stereocenters. The smallest absolute Gasteiger partial charge is 0.0547 e. The van der Waals surface area contributed by atoms with E-state index in [1.54, 1.807) is 0 Å². The molecule has 71 heavy (non-hydrogen) atoms. The molecule has 0 aliphatic heterocycles. The number of anilines is 3. The third-order valence-electron chi connectivity index (χ3n) is 14.5. The Morgan fingerprint density at radius 3 is 1.20 bits per heavy atom. The van der Waals surface area contributed by atoms with Crippen LogP contribution < -0.4 is 4.90 Å². The number of rotatable bonds is 8. The van der Waals surface area contributed by atoms with Crippen molar-refractivity contribution in [3.63, 3.8) is 0 Å². The molecule has 332 valence electrons. The number of nitrogens with zero attached hydrogens (tertiary/aromatic N) is 3. The van der Waals surface area contributed by atoms with E-state index in [9.17, 15) is 0 Å². The van der Waals surface area contributed by atoms with Gasteiger partial charge in [-0.2, -0.15) is 0 Å². The summed E-state index contributed by atoms with van der Waals surface area (Å²) in [7, 11) is 0. The van der Waals surface area contributed by atoms with Gasteiger partial charge in [0, 0.05) is 49.4 Å². The summed E-state index contributed by atoms with van der Waals surface area (Å²) in [6, 6.07) is 99.8. The Kier molecular flexibility index (Phi) is 9.53. The van der Waals surface area contributed by atoms with E-state index < -0.39 is 0 Å². The van der Waals surface area contributed by atoms with Gasteiger partial charge in [0.25, 0.3) is 0 Å². The molecule has 14 aromatic rings. The first kappa shape index (κ1) is 40.6. The molecule has 14 rings (SSSR count). The van der Waals surface area contributed by atoms with Gasteiger partial charge >= 0.3 is 0 Å². The van der Waals surface area contributed by atoms with Crippen LogP contribution in [0.25, 0.3) is 110 Å². The summed E-state index contributed by atoms with van der Waals surface area (Å²) in [4.78, 5) is 2.47. The molecule has 12 aromatic carbocycles. The second kappa shape index (κ2) is 16.7. The van der Waals surface area contributed by atoms with E-state index in [-0.39, 0.29) is 0 Å². The van der Waals surface area contributed by atoms with Crippen molar-refractivity contribution in [2.75, 3.05) is 4.90 Å². The van der Waals surface area contributed by atoms with Crippen LogP contribution in [0.3, 0.4) is 0 Å². The molecular weight excluding hydrogens is 859 g/mol. The highest BCUT2D eigenvalue weighted by atomic mass is 15.1. The third-order valence-corrected chi connectivity index (χ3v) is 14.5. The molecule has 0 aliphatic carbocycles. The molecule has 0 radical (unpaired) electrons. The third kappa shape index (κ3) is 6.66. The molecule has 0 saturated heterocycles. The molecule has 0 unspecified atom stereocenters. The Labute approximate surface area is 412 Å². The lowest BCUT2D eigenvalue weighted by Crippen LogP contribution is -2.11. The summed E-state index contributed by atoms with van der Waals surface area (Å²) in [5, 5.41) is 9.72. The van der Waals surface area contributed by atoms with Crippen molar-refractivity contribution in [2.45, 2.75) is 0 Å². The van der Waals surface area contributed by atoms with E-state index >= 15 is 0 Å². The fourth-order valence-corrected chi connectivity index (χ4v) is 11.3. The van der Waals surface area contributed by atoms with Gasteiger partial charge in [-0.25, -0.2) is 0 Å². The minimum absolute atomic E-state index is 1.09. The first-order valence-corrected chi connectivity index (χ1v) is 24.4. The number of benzene rings is 12. The lowest BCUT2D eigenvalue weighted by atomic mass is 9.93. The molecule has 0 saturated carbocycles. The minimum atomic E-state index is 1.09. The fourth-order valence-electron chi connectivity index (χ4n) is 11.3. The Hall–Kier alpha value is -9.44. The van der Waals surface area contributed by atoms with Gasteiger partial charge in [-0.1, -0.05) is 194 Å². The zero-order chi connectivity index (χ0) is 46.8. The molecule has 0 amide bonds. The standard InChI is InChI=1S/C68H45N3/c1-4-18-46(19-5-1)47-32-36-52(37-33-47)70(65-42-39-53(55-24-10-12-26-57(55)65)48-35-41-67-62(44-48)60-29-15-17-31-64(60)69(67)50-20-6-2-7-21-50)66-43-40-54(56-25-11-13-27-58(56)66)49-34-38-61-59-28-14-16-30-63(59)71(68(61)45-49)51-22-8-3-9-23-51/h1-45H. The SMILES string of the molecule is c1ccc(-c2ccc(N(c3ccc(-c4ccc5c(c4)c4ccccc4n5-c4ccccc4)c4ccccc34)c3ccc(-c4ccc5c6ccccc6n(-c6ccccc6)c5c4)c4ccccc34)cc2)cc1. The van der Waals surface area contributed by atoms with Crippen LogP contribution in [0.4, 0.5) is 17.1 Å². The molecule has 0 N–H and O–H groups in total. The molecule has 0 spiro atoms. The van der Waals surface area contributed by atoms with Gasteiger partial charge in [0.15, 0.2) is 0 Å². The molecule has 2 aromatic heterocycles. The quantitative estimate of drug-likeness (QED) is 0.148. The Morgan fingerprint density at radius 1 is 0.225 bits per heavy atom. The normalized spacial score (nSPS) is 11.7. The van der Waals surface area contributed by atoms with Crippen molar-refractivity contribution in [2.24, 2.45) is 0 Å². The summed E-state index contributed by atoms with van der Waals surface area (Å²) >= 11 is 0. The van der Waals surface area contributed by atoms with Crippen LogP contribution in [0, 0.1) is 0 Å². The predicted octanol–water partition coefficient (Wildman–Crippen LogP) is 18.7. The highest BCUT2D eigenvalue weighted by Gasteiger charge is 2.22. The van der Waals surface area contributed by atoms with Crippen molar-refractivity contribution < 1.29 is 0 Å². The van der Waals surface area contributed by atoms with E-state index in [1.165, 1.54) is 98.5 Å². The molecule has 3 nitrogen and oxygen atoms in total. The predicted molar refractivity (Wildman–Crippen MR) is 301 cm³/mol. The fraction of sp³-hybridized carbons (Fsp3) is 0. The second-order valence-electron chi connectivity index (χ2n) is 18.4. The van der Waals surface area contributed by atoms with Crippen LogP contribution in [0.2, 0.25) is 0 Å². The van der Waals surface area contributed by atoms with Gasteiger partial charge in [-0.05, 0) is 123 Å². The summed E-state index contributed by atoms with van der Waals surface area (Å²) in [6.45, 7) is 0. The average Bonchev–Trinajstić information content (AvgIpc) is 3.96. The molecule has 0 bridgehead atoms. The maximum atomic E-state index is 2.47. The number of aromatic nitrogens is 2. The van der Waals surface area contributed by atoms with Crippen molar-refractivity contribution in [3.8, 4) is 44.8 Å². The van der Waals surface area contributed by atoms with Crippen molar-refractivity contribution >= 4 is 82.2 Å². The van der Waals surface area contributed by atoms with E-state index in [0.717, 1.165) is 28.4 Å². The highest BCUT2D eigenvalue weighted by molar-refractivity contribution is 6.15. The van der Waals surface area contributed by atoms with Gasteiger partial charge in [0.1, 0.15) is 0 Å². The molecule has 0 fully saturated rings. The van der Waals surface area contributed by atoms with E-state index in [0.29, 0.717) is 0 Å². The summed E-state index contributed by atoms with van der Waals surface area (Å²) < 4.78 is 4.79. The van der Waals surface area contributed by atoms with Crippen LogP contribution in [0.15, 0.2) is 273 Å². The number of hydrogen-bond donors (Lipinski definition) is 0. The Bertz CT molecular complexity index is 4320. The summed E-state index contributed by atoms with van der Waals surface area (Å²) in [5.41, 5.74) is 17.6. The number of para-hydroxylation sites is 4. The van der Waals surface area contributed by atoms with Gasteiger partial charge in [0.2, 0.25) is 0 Å². The average molecular weight is 904 g/mol. The zero-order valence-corrected chi connectivity index (χ0v) is 38.8. The monoisotopic (exact) mass is 903 g/mol. The molecular formula is C68H45N3. The maximum Gasteiger partial charge on any atom is 0.0547 e. The van der Waals surface area contributed by atoms with Crippen LogP contribution in [-0.2, 0) is 0 Å². The first-order valence-electron chi connectivity index (χ1n) is 24.4. The highest BCUT2D eigenvalue weighted by Crippen LogP contribution is 2.47. The van der Waals surface area contributed by atoms with Crippen LogP contribution >= 0.6 is 0 Å². The van der Waals surface area contributed by atoms with Gasteiger partial charge in [0.05, 0.1) is 33.4 Å². The van der Waals surface area contributed by atoms with Crippen molar-refractivity contribution in [3.05, 3.63) is 273 Å². The topological polar surface area (TPSA) is 13.1 Å². The summed E-state index contributed by atoms with van der Waals surface area (Å²) in [6.07, 6.45) is 0. The second-order valence-corrected chi connectivity index (χ2v) is 18.4. The first-order chi connectivity index (χ1) is 35.2. The van der Waals surface area contributed by atoms with Crippen molar-refractivity contribution in [1.29, 1.82) is 0 Å². The van der Waals surface area contributed by atoms with Crippen molar-refractivity contribution in [1.82, 2.24) is 9.13 Å². The molecule has 0 aliphatic rings. The molecule has 3 heteroatoms. The van der Waals surface area contributed by atoms with Gasteiger partial charge in [-0.15, -0.1) is 0 Å². The van der Waals surface area contributed by atoms with E-state index in [4.69, 9.17) is 0 Å². The zero-order valence-electron chi connectivity index (χ0n) is 38.8. The Morgan fingerprint density at radius 2 is 0.620 bits per heavy atom. The van der Waals surface area contributed by atoms with E-state index in [1.807, 2.05) is 0 Å². The maximum absolute atomic E-state index is 2.47. The van der Waals surface area contributed by atoms with Crippen LogP contribution in [0.1, 0.15) is 0 Å².